The minimum absolute atomic E-state index is 0.207. The van der Waals surface area contributed by atoms with Gasteiger partial charge in [-0.15, -0.1) is 0 Å². The summed E-state index contributed by atoms with van der Waals surface area (Å²) in [6.07, 6.45) is 4.83. The molecule has 1 N–H and O–H groups in total. The molecule has 0 radical (unpaired) electrons. The van der Waals surface area contributed by atoms with Crippen LogP contribution in [-0.2, 0) is 0 Å². The standard InChI is InChI=1S/C10H12BrN3O/c1-7(2)3-4-13-10(15)9-8(11)5-12-6-14-9/h3,5-6H,4H2,1-2H3,(H,13,15). The van der Waals surface area contributed by atoms with Crippen LogP contribution in [-0.4, -0.2) is 22.4 Å². The maximum atomic E-state index is 11.6. The van der Waals surface area contributed by atoms with Crippen molar-refractivity contribution in [1.82, 2.24) is 15.3 Å². The molecular formula is C10H12BrN3O. The highest BCUT2D eigenvalue weighted by Crippen LogP contribution is 2.11. The Hall–Kier alpha value is -1.23. The van der Waals surface area contributed by atoms with Crippen LogP contribution in [0.2, 0.25) is 0 Å². The van der Waals surface area contributed by atoms with E-state index in [9.17, 15) is 4.79 Å². The van der Waals surface area contributed by atoms with E-state index < -0.39 is 0 Å². The highest BCUT2D eigenvalue weighted by atomic mass is 79.9. The summed E-state index contributed by atoms with van der Waals surface area (Å²) in [5.74, 6) is -0.207. The molecule has 0 saturated carbocycles. The second kappa shape index (κ2) is 5.60. The predicted octanol–water partition coefficient (Wildman–Crippen LogP) is 1.94. The Bertz CT molecular complexity index is 386. The van der Waals surface area contributed by atoms with Crippen molar-refractivity contribution in [3.8, 4) is 0 Å². The van der Waals surface area contributed by atoms with Gasteiger partial charge in [-0.1, -0.05) is 11.6 Å². The van der Waals surface area contributed by atoms with Crippen LogP contribution < -0.4 is 5.32 Å². The van der Waals surface area contributed by atoms with Gasteiger partial charge >= 0.3 is 0 Å². The van der Waals surface area contributed by atoms with E-state index in [2.05, 4.69) is 31.2 Å². The third-order valence-corrected chi connectivity index (χ3v) is 2.24. The number of halogens is 1. The normalized spacial score (nSPS) is 9.53. The van der Waals surface area contributed by atoms with Gasteiger partial charge in [-0.3, -0.25) is 4.79 Å². The molecule has 0 saturated heterocycles. The Kier molecular flexibility index (Phi) is 4.42. The van der Waals surface area contributed by atoms with Gasteiger partial charge in [0.1, 0.15) is 12.0 Å². The van der Waals surface area contributed by atoms with E-state index in [0.717, 1.165) is 5.57 Å². The first-order valence-electron chi connectivity index (χ1n) is 4.48. The van der Waals surface area contributed by atoms with Crippen LogP contribution in [0.25, 0.3) is 0 Å². The third-order valence-electron chi connectivity index (χ3n) is 1.66. The minimum atomic E-state index is -0.207. The van der Waals surface area contributed by atoms with Crippen molar-refractivity contribution in [3.05, 3.63) is 34.3 Å². The maximum Gasteiger partial charge on any atom is 0.271 e. The van der Waals surface area contributed by atoms with Crippen LogP contribution in [0, 0.1) is 0 Å². The average Bonchev–Trinajstić information content (AvgIpc) is 2.17. The summed E-state index contributed by atoms with van der Waals surface area (Å²) in [5, 5.41) is 2.74. The first kappa shape index (κ1) is 11.8. The van der Waals surface area contributed by atoms with Crippen molar-refractivity contribution >= 4 is 21.8 Å². The summed E-state index contributed by atoms with van der Waals surface area (Å²) in [6.45, 7) is 4.47. The van der Waals surface area contributed by atoms with Crippen molar-refractivity contribution in [1.29, 1.82) is 0 Å². The van der Waals surface area contributed by atoms with E-state index >= 15 is 0 Å². The van der Waals surface area contributed by atoms with Crippen molar-refractivity contribution < 1.29 is 4.79 Å². The molecule has 1 heterocycles. The second-order valence-corrected chi connectivity index (χ2v) is 4.07. The zero-order valence-corrected chi connectivity index (χ0v) is 10.2. The summed E-state index contributed by atoms with van der Waals surface area (Å²) in [6, 6.07) is 0. The van der Waals surface area contributed by atoms with Crippen LogP contribution in [0.5, 0.6) is 0 Å². The number of hydrogen-bond donors (Lipinski definition) is 1. The fourth-order valence-electron chi connectivity index (χ4n) is 0.911. The Morgan fingerprint density at radius 3 is 2.93 bits per heavy atom. The fraction of sp³-hybridized carbons (Fsp3) is 0.300. The number of carbonyl (C=O) groups is 1. The minimum Gasteiger partial charge on any atom is -0.347 e. The van der Waals surface area contributed by atoms with Crippen LogP contribution in [0.3, 0.4) is 0 Å². The number of carbonyl (C=O) groups excluding carboxylic acids is 1. The highest BCUT2D eigenvalue weighted by Gasteiger charge is 2.09. The Morgan fingerprint density at radius 1 is 1.60 bits per heavy atom. The van der Waals surface area contributed by atoms with Gasteiger partial charge in [0.15, 0.2) is 0 Å². The molecule has 4 nitrogen and oxygen atoms in total. The molecule has 0 fully saturated rings. The molecule has 0 aliphatic rings. The van der Waals surface area contributed by atoms with E-state index in [0.29, 0.717) is 16.7 Å². The summed E-state index contributed by atoms with van der Waals surface area (Å²) >= 11 is 3.22. The zero-order valence-electron chi connectivity index (χ0n) is 8.62. The molecule has 1 aromatic heterocycles. The number of nitrogens with zero attached hydrogens (tertiary/aromatic N) is 2. The van der Waals surface area contributed by atoms with E-state index in [-0.39, 0.29) is 5.91 Å². The van der Waals surface area contributed by atoms with Gasteiger partial charge in [-0.2, -0.15) is 0 Å². The van der Waals surface area contributed by atoms with Gasteiger partial charge in [-0.25, -0.2) is 9.97 Å². The largest absolute Gasteiger partial charge is 0.347 e. The molecular weight excluding hydrogens is 258 g/mol. The van der Waals surface area contributed by atoms with E-state index in [1.54, 1.807) is 6.20 Å². The lowest BCUT2D eigenvalue weighted by Gasteiger charge is -2.02. The van der Waals surface area contributed by atoms with Gasteiger partial charge in [0.05, 0.1) is 4.47 Å². The summed E-state index contributed by atoms with van der Waals surface area (Å²) in [5.41, 5.74) is 1.52. The molecule has 0 spiro atoms. The van der Waals surface area contributed by atoms with Crippen molar-refractivity contribution in [2.45, 2.75) is 13.8 Å². The third kappa shape index (κ3) is 3.79. The Labute approximate surface area is 96.9 Å². The number of nitrogens with one attached hydrogen (secondary N) is 1. The number of aromatic nitrogens is 2. The predicted molar refractivity (Wildman–Crippen MR) is 61.5 cm³/mol. The van der Waals surface area contributed by atoms with Crippen LogP contribution in [0.4, 0.5) is 0 Å². The molecule has 0 aliphatic carbocycles. The number of amides is 1. The topological polar surface area (TPSA) is 54.9 Å². The van der Waals surface area contributed by atoms with Crippen LogP contribution in [0.1, 0.15) is 24.3 Å². The number of hydrogen-bond acceptors (Lipinski definition) is 3. The first-order chi connectivity index (χ1) is 7.11. The molecule has 0 aromatic carbocycles. The smallest absolute Gasteiger partial charge is 0.271 e. The lowest BCUT2D eigenvalue weighted by molar-refractivity contribution is 0.0952. The summed E-state index contributed by atoms with van der Waals surface area (Å²) in [7, 11) is 0. The Morgan fingerprint density at radius 2 is 2.33 bits per heavy atom. The monoisotopic (exact) mass is 269 g/mol. The number of allylic oxidation sites excluding steroid dienone is 1. The second-order valence-electron chi connectivity index (χ2n) is 3.21. The van der Waals surface area contributed by atoms with E-state index in [1.165, 1.54) is 6.33 Å². The first-order valence-corrected chi connectivity index (χ1v) is 5.27. The van der Waals surface area contributed by atoms with Gasteiger partial charge in [0, 0.05) is 12.7 Å². The SMILES string of the molecule is CC(C)=CCNC(=O)c1ncncc1Br. The van der Waals surface area contributed by atoms with Crippen molar-refractivity contribution in [3.63, 3.8) is 0 Å². The molecule has 0 bridgehead atoms. The molecule has 1 rings (SSSR count). The average molecular weight is 270 g/mol. The van der Waals surface area contributed by atoms with Gasteiger partial charge in [0.2, 0.25) is 0 Å². The number of rotatable bonds is 3. The molecule has 1 amide bonds. The quantitative estimate of drug-likeness (QED) is 0.854. The van der Waals surface area contributed by atoms with Gasteiger partial charge in [-0.05, 0) is 29.8 Å². The van der Waals surface area contributed by atoms with E-state index in [4.69, 9.17) is 0 Å². The summed E-state index contributed by atoms with van der Waals surface area (Å²) < 4.78 is 0.597. The lowest BCUT2D eigenvalue weighted by Crippen LogP contribution is -2.25. The van der Waals surface area contributed by atoms with Crippen LogP contribution in [0.15, 0.2) is 28.6 Å². The van der Waals surface area contributed by atoms with Crippen LogP contribution >= 0.6 is 15.9 Å². The van der Waals surface area contributed by atoms with Crippen molar-refractivity contribution in [2.75, 3.05) is 6.54 Å². The molecule has 15 heavy (non-hydrogen) atoms. The lowest BCUT2D eigenvalue weighted by atomic mass is 10.3. The molecule has 80 valence electrons. The molecule has 5 heteroatoms. The maximum absolute atomic E-state index is 11.6. The molecule has 0 aliphatic heterocycles. The highest BCUT2D eigenvalue weighted by molar-refractivity contribution is 9.10. The van der Waals surface area contributed by atoms with Gasteiger partial charge < -0.3 is 5.32 Å². The van der Waals surface area contributed by atoms with Gasteiger partial charge in [0.25, 0.3) is 5.91 Å². The Balaban J connectivity index is 2.62. The molecule has 0 atom stereocenters. The molecule has 0 unspecified atom stereocenters. The van der Waals surface area contributed by atoms with Crippen molar-refractivity contribution in [2.24, 2.45) is 0 Å². The zero-order chi connectivity index (χ0) is 11.3. The van der Waals surface area contributed by atoms with E-state index in [1.807, 2.05) is 19.9 Å². The fourth-order valence-corrected chi connectivity index (χ4v) is 1.31. The molecule has 1 aromatic rings. The summed E-state index contributed by atoms with van der Waals surface area (Å²) in [4.78, 5) is 19.3.